The lowest BCUT2D eigenvalue weighted by molar-refractivity contribution is 0.0992. The van der Waals surface area contributed by atoms with Crippen LogP contribution in [0.4, 0.5) is 8.78 Å². The van der Waals surface area contributed by atoms with E-state index < -0.39 is 11.6 Å². The minimum atomic E-state index is -0.754. The molecule has 1 aromatic carbocycles. The lowest BCUT2D eigenvalue weighted by Crippen LogP contribution is -2.03. The summed E-state index contributed by atoms with van der Waals surface area (Å²) in [5.41, 5.74) is 0.702. The van der Waals surface area contributed by atoms with Crippen LogP contribution in [0.1, 0.15) is 15.9 Å². The molecule has 0 radical (unpaired) electrons. The second-order valence-corrected chi connectivity index (χ2v) is 3.39. The highest BCUT2D eigenvalue weighted by atomic mass is 19.1. The van der Waals surface area contributed by atoms with E-state index in [9.17, 15) is 13.6 Å². The molecule has 0 spiro atoms. The average Bonchev–Trinajstić information content (AvgIpc) is 2.68. The molecule has 2 rings (SSSR count). The molecular formula is C12H8F2O2. The summed E-state index contributed by atoms with van der Waals surface area (Å²) in [5, 5.41) is 0. The van der Waals surface area contributed by atoms with Gasteiger partial charge in [0.15, 0.2) is 5.78 Å². The van der Waals surface area contributed by atoms with E-state index in [4.69, 9.17) is 4.42 Å². The van der Waals surface area contributed by atoms with Crippen molar-refractivity contribution in [1.29, 1.82) is 0 Å². The Balaban J connectivity index is 2.21. The number of hydrogen-bond donors (Lipinski definition) is 0. The number of hydrogen-bond acceptors (Lipinski definition) is 2. The maximum atomic E-state index is 12.9. The SMILES string of the molecule is O=C(Cc1ccoc1)c1cc(F)cc(F)c1. The topological polar surface area (TPSA) is 30.2 Å². The molecule has 0 saturated carbocycles. The van der Waals surface area contributed by atoms with Crippen LogP contribution in [-0.4, -0.2) is 5.78 Å². The van der Waals surface area contributed by atoms with E-state index in [0.717, 1.165) is 18.2 Å². The molecule has 4 heteroatoms. The number of carbonyl (C=O) groups excluding carboxylic acids is 1. The number of furan rings is 1. The summed E-state index contributed by atoms with van der Waals surface area (Å²) in [6, 6.07) is 4.40. The van der Waals surface area contributed by atoms with Gasteiger partial charge in [0, 0.05) is 18.1 Å². The average molecular weight is 222 g/mol. The fourth-order valence-electron chi connectivity index (χ4n) is 1.40. The van der Waals surface area contributed by atoms with Crippen molar-refractivity contribution in [3.05, 3.63) is 59.6 Å². The van der Waals surface area contributed by atoms with E-state index in [1.165, 1.54) is 12.5 Å². The van der Waals surface area contributed by atoms with E-state index in [1.807, 2.05) is 0 Å². The molecule has 0 atom stereocenters. The molecule has 1 aromatic heterocycles. The van der Waals surface area contributed by atoms with Gasteiger partial charge < -0.3 is 4.42 Å². The molecule has 0 N–H and O–H groups in total. The maximum absolute atomic E-state index is 12.9. The minimum absolute atomic E-state index is 0.0266. The first-order valence-electron chi connectivity index (χ1n) is 4.65. The van der Waals surface area contributed by atoms with Gasteiger partial charge in [0.1, 0.15) is 11.6 Å². The molecule has 0 aliphatic heterocycles. The summed E-state index contributed by atoms with van der Waals surface area (Å²) in [6.45, 7) is 0. The van der Waals surface area contributed by atoms with E-state index in [1.54, 1.807) is 6.07 Å². The first kappa shape index (κ1) is 10.5. The van der Waals surface area contributed by atoms with Gasteiger partial charge in [-0.3, -0.25) is 4.79 Å². The van der Waals surface area contributed by atoms with Crippen molar-refractivity contribution in [3.63, 3.8) is 0 Å². The van der Waals surface area contributed by atoms with Gasteiger partial charge in [0.2, 0.25) is 0 Å². The zero-order valence-corrected chi connectivity index (χ0v) is 8.24. The molecule has 0 unspecified atom stereocenters. The van der Waals surface area contributed by atoms with Crippen molar-refractivity contribution < 1.29 is 18.0 Å². The lowest BCUT2D eigenvalue weighted by atomic mass is 10.1. The summed E-state index contributed by atoms with van der Waals surface area (Å²) in [6.07, 6.45) is 2.93. The number of Topliss-reactive ketones (excluding diaryl/α,β-unsaturated/α-hetero) is 1. The van der Waals surface area contributed by atoms with Crippen LogP contribution in [0.15, 0.2) is 41.2 Å². The van der Waals surface area contributed by atoms with E-state index >= 15 is 0 Å². The Bertz CT molecular complexity index is 483. The Morgan fingerprint density at radius 3 is 2.44 bits per heavy atom. The van der Waals surface area contributed by atoms with Gasteiger partial charge in [-0.05, 0) is 23.8 Å². The van der Waals surface area contributed by atoms with Gasteiger partial charge in [-0.2, -0.15) is 0 Å². The van der Waals surface area contributed by atoms with Gasteiger partial charge in [-0.15, -0.1) is 0 Å². The third-order valence-electron chi connectivity index (χ3n) is 2.13. The number of halogens is 2. The summed E-state index contributed by atoms with van der Waals surface area (Å²) in [4.78, 5) is 11.6. The number of carbonyl (C=O) groups is 1. The largest absolute Gasteiger partial charge is 0.472 e. The highest BCUT2D eigenvalue weighted by Crippen LogP contribution is 2.12. The van der Waals surface area contributed by atoms with Crippen LogP contribution in [0.25, 0.3) is 0 Å². The van der Waals surface area contributed by atoms with Gasteiger partial charge in [0.05, 0.1) is 12.5 Å². The van der Waals surface area contributed by atoms with Crippen molar-refractivity contribution in [1.82, 2.24) is 0 Å². The number of benzene rings is 1. The van der Waals surface area contributed by atoms with Crippen molar-refractivity contribution in [2.45, 2.75) is 6.42 Å². The quantitative estimate of drug-likeness (QED) is 0.747. The Hall–Kier alpha value is -1.97. The molecule has 0 saturated heterocycles. The van der Waals surface area contributed by atoms with Gasteiger partial charge in [0.25, 0.3) is 0 Å². The molecule has 1 heterocycles. The van der Waals surface area contributed by atoms with Crippen molar-refractivity contribution in [3.8, 4) is 0 Å². The molecule has 0 bridgehead atoms. The van der Waals surface area contributed by atoms with Crippen molar-refractivity contribution in [2.75, 3.05) is 0 Å². The van der Waals surface area contributed by atoms with Crippen LogP contribution in [-0.2, 0) is 6.42 Å². The molecule has 0 amide bonds. The molecule has 82 valence electrons. The molecule has 2 aromatic rings. The van der Waals surface area contributed by atoms with E-state index in [-0.39, 0.29) is 17.8 Å². The standard InChI is InChI=1S/C12H8F2O2/c13-10-4-9(5-11(14)6-10)12(15)3-8-1-2-16-7-8/h1-2,4-7H,3H2. The first-order valence-corrected chi connectivity index (χ1v) is 4.65. The molecule has 16 heavy (non-hydrogen) atoms. The predicted octanol–water partition coefficient (Wildman–Crippen LogP) is 2.98. The third-order valence-corrected chi connectivity index (χ3v) is 2.13. The summed E-state index contributed by atoms with van der Waals surface area (Å²) in [5.74, 6) is -1.86. The normalized spacial score (nSPS) is 10.4. The van der Waals surface area contributed by atoms with Crippen LogP contribution >= 0.6 is 0 Å². The molecule has 0 fully saturated rings. The zero-order valence-electron chi connectivity index (χ0n) is 8.24. The fraction of sp³-hybridized carbons (Fsp3) is 0.0833. The maximum Gasteiger partial charge on any atom is 0.167 e. The van der Waals surface area contributed by atoms with Crippen molar-refractivity contribution in [2.24, 2.45) is 0 Å². The van der Waals surface area contributed by atoms with Crippen LogP contribution < -0.4 is 0 Å². The zero-order chi connectivity index (χ0) is 11.5. The summed E-state index contributed by atoms with van der Waals surface area (Å²) < 4.78 is 30.5. The Labute approximate surface area is 90.5 Å². The second-order valence-electron chi connectivity index (χ2n) is 3.39. The third kappa shape index (κ3) is 2.34. The highest BCUT2D eigenvalue weighted by Gasteiger charge is 2.10. The van der Waals surface area contributed by atoms with Crippen LogP contribution in [0.2, 0.25) is 0 Å². The number of rotatable bonds is 3. The Kier molecular flexibility index (Phi) is 2.81. The predicted molar refractivity (Wildman–Crippen MR) is 53.1 cm³/mol. The van der Waals surface area contributed by atoms with E-state index in [2.05, 4.69) is 0 Å². The molecule has 0 aliphatic carbocycles. The molecule has 0 aliphatic rings. The van der Waals surface area contributed by atoms with Crippen LogP contribution in [0, 0.1) is 11.6 Å². The summed E-state index contributed by atoms with van der Waals surface area (Å²) in [7, 11) is 0. The highest BCUT2D eigenvalue weighted by molar-refractivity contribution is 5.97. The van der Waals surface area contributed by atoms with Crippen LogP contribution in [0.3, 0.4) is 0 Å². The second kappa shape index (κ2) is 4.26. The Morgan fingerprint density at radius 2 is 1.88 bits per heavy atom. The van der Waals surface area contributed by atoms with E-state index in [0.29, 0.717) is 5.56 Å². The molecule has 2 nitrogen and oxygen atoms in total. The van der Waals surface area contributed by atoms with Gasteiger partial charge in [-0.1, -0.05) is 0 Å². The summed E-state index contributed by atoms with van der Waals surface area (Å²) >= 11 is 0. The first-order chi connectivity index (χ1) is 7.65. The smallest absolute Gasteiger partial charge is 0.167 e. The molecular weight excluding hydrogens is 214 g/mol. The van der Waals surface area contributed by atoms with Gasteiger partial charge >= 0.3 is 0 Å². The lowest BCUT2D eigenvalue weighted by Gasteiger charge is -2.00. The Morgan fingerprint density at radius 1 is 1.19 bits per heavy atom. The monoisotopic (exact) mass is 222 g/mol. The van der Waals surface area contributed by atoms with Gasteiger partial charge in [-0.25, -0.2) is 8.78 Å². The fourth-order valence-corrected chi connectivity index (χ4v) is 1.40. The minimum Gasteiger partial charge on any atom is -0.472 e. The van der Waals surface area contributed by atoms with Crippen LogP contribution in [0.5, 0.6) is 0 Å². The number of ketones is 1. The van der Waals surface area contributed by atoms with Crippen molar-refractivity contribution >= 4 is 5.78 Å².